The zero-order valence-electron chi connectivity index (χ0n) is 17.9. The van der Waals surface area contributed by atoms with E-state index in [1.54, 1.807) is 0 Å². The van der Waals surface area contributed by atoms with E-state index in [9.17, 15) is 19.5 Å². The van der Waals surface area contributed by atoms with Gasteiger partial charge in [-0.3, -0.25) is 4.79 Å². The van der Waals surface area contributed by atoms with Gasteiger partial charge in [-0.15, -0.1) is 0 Å². The monoisotopic (exact) mass is 448 g/mol. The molecule has 3 aromatic rings. The molecule has 0 radical (unpaired) electrons. The zero-order chi connectivity index (χ0) is 23.4. The molecule has 2 atom stereocenters. The van der Waals surface area contributed by atoms with Crippen LogP contribution in [0.15, 0.2) is 61.1 Å². The summed E-state index contributed by atoms with van der Waals surface area (Å²) in [5.41, 5.74) is 4.97. The number of carboxylic acid groups (broad SMARTS) is 1. The topological polar surface area (TPSA) is 133 Å². The van der Waals surface area contributed by atoms with Crippen molar-refractivity contribution in [1.29, 1.82) is 0 Å². The number of benzene rings is 2. The number of rotatable bonds is 8. The summed E-state index contributed by atoms with van der Waals surface area (Å²) >= 11 is 0. The average molecular weight is 448 g/mol. The van der Waals surface area contributed by atoms with Crippen LogP contribution in [0, 0.1) is 0 Å². The van der Waals surface area contributed by atoms with Gasteiger partial charge in [-0.2, -0.15) is 0 Å². The molecule has 0 spiro atoms. The first-order valence-corrected chi connectivity index (χ1v) is 10.6. The molecule has 0 saturated carbocycles. The minimum absolute atomic E-state index is 0.0404. The molecule has 33 heavy (non-hydrogen) atoms. The molecule has 1 heterocycles. The molecule has 1 aliphatic carbocycles. The number of nitrogens with one attached hydrogen (secondary N) is 3. The van der Waals surface area contributed by atoms with E-state index in [0.717, 1.165) is 22.3 Å². The summed E-state index contributed by atoms with van der Waals surface area (Å²) in [7, 11) is 0. The predicted octanol–water partition coefficient (Wildman–Crippen LogP) is 2.45. The summed E-state index contributed by atoms with van der Waals surface area (Å²) in [6, 6.07) is 13.8. The third-order valence-corrected chi connectivity index (χ3v) is 5.66. The second kappa shape index (κ2) is 9.56. The average Bonchev–Trinajstić information content (AvgIpc) is 3.43. The maximum absolute atomic E-state index is 12.4. The second-order valence-electron chi connectivity index (χ2n) is 7.87. The number of nitrogens with zero attached hydrogens (tertiary/aromatic N) is 1. The fraction of sp³-hybridized carbons (Fsp3) is 0.250. The highest BCUT2D eigenvalue weighted by Crippen LogP contribution is 2.44. The van der Waals surface area contributed by atoms with Crippen LogP contribution in [0.5, 0.6) is 0 Å². The van der Waals surface area contributed by atoms with E-state index in [-0.39, 0.29) is 18.9 Å². The van der Waals surface area contributed by atoms with Crippen LogP contribution in [0.3, 0.4) is 0 Å². The Kier molecular flexibility index (Phi) is 6.39. The Labute approximate surface area is 190 Å². The van der Waals surface area contributed by atoms with Crippen molar-refractivity contribution in [3.05, 3.63) is 77.9 Å². The lowest BCUT2D eigenvalue weighted by Crippen LogP contribution is -2.51. The van der Waals surface area contributed by atoms with Crippen LogP contribution < -0.4 is 10.6 Å². The van der Waals surface area contributed by atoms with Crippen molar-refractivity contribution >= 4 is 18.0 Å². The standard InChI is InChI=1S/C24H24N4O5/c1-14(22(29)28-21(23(30)31)10-15-11-25-13-26-15)27-24(32)33-12-20-18-8-4-2-6-16(18)17-7-3-5-9-19(17)20/h2-9,11,13-14,20-21H,10,12H2,1H3,(H,25,26)(H,27,32)(H,28,29)(H,30,31)/t14-,21-/m0/s1. The van der Waals surface area contributed by atoms with Gasteiger partial charge in [0, 0.05) is 24.2 Å². The largest absolute Gasteiger partial charge is 0.480 e. The number of aromatic nitrogens is 2. The molecule has 170 valence electrons. The molecule has 0 aliphatic heterocycles. The highest BCUT2D eigenvalue weighted by molar-refractivity contribution is 5.89. The van der Waals surface area contributed by atoms with Crippen LogP contribution in [0.25, 0.3) is 11.1 Å². The molecule has 0 fully saturated rings. The molecular formula is C24H24N4O5. The maximum atomic E-state index is 12.4. The first-order valence-electron chi connectivity index (χ1n) is 10.6. The third kappa shape index (κ3) is 4.87. The second-order valence-corrected chi connectivity index (χ2v) is 7.87. The normalized spacial score (nSPS) is 14.0. The van der Waals surface area contributed by atoms with Crippen LogP contribution in [-0.4, -0.2) is 51.7 Å². The van der Waals surface area contributed by atoms with Gasteiger partial charge in [0.2, 0.25) is 5.91 Å². The summed E-state index contributed by atoms with van der Waals surface area (Å²) in [6.07, 6.45) is 2.20. The van der Waals surface area contributed by atoms with Crippen molar-refractivity contribution in [1.82, 2.24) is 20.6 Å². The highest BCUT2D eigenvalue weighted by atomic mass is 16.5. The fourth-order valence-corrected chi connectivity index (χ4v) is 4.00. The highest BCUT2D eigenvalue weighted by Gasteiger charge is 2.30. The van der Waals surface area contributed by atoms with Gasteiger partial charge in [-0.05, 0) is 29.2 Å². The summed E-state index contributed by atoms with van der Waals surface area (Å²) in [5.74, 6) is -1.92. The number of ether oxygens (including phenoxy) is 1. The Balaban J connectivity index is 1.33. The molecule has 4 N–H and O–H groups in total. The molecular weight excluding hydrogens is 424 g/mol. The van der Waals surface area contributed by atoms with Crippen LogP contribution >= 0.6 is 0 Å². The molecule has 2 amide bonds. The van der Waals surface area contributed by atoms with E-state index in [2.05, 4.69) is 20.6 Å². The Morgan fingerprint density at radius 1 is 1.06 bits per heavy atom. The number of amides is 2. The molecule has 0 bridgehead atoms. The van der Waals surface area contributed by atoms with Gasteiger partial charge in [-0.1, -0.05) is 48.5 Å². The van der Waals surface area contributed by atoms with Crippen LogP contribution in [0.4, 0.5) is 4.79 Å². The number of carboxylic acids is 1. The quantitative estimate of drug-likeness (QED) is 0.418. The molecule has 0 saturated heterocycles. The number of aromatic amines is 1. The van der Waals surface area contributed by atoms with Crippen molar-refractivity contribution in [3.8, 4) is 11.1 Å². The molecule has 0 unspecified atom stereocenters. The van der Waals surface area contributed by atoms with Gasteiger partial charge in [0.05, 0.1) is 6.33 Å². The number of imidazole rings is 1. The lowest BCUT2D eigenvalue weighted by molar-refractivity contribution is -0.142. The fourth-order valence-electron chi connectivity index (χ4n) is 4.00. The van der Waals surface area contributed by atoms with Gasteiger partial charge < -0.3 is 25.5 Å². The summed E-state index contributed by atoms with van der Waals surface area (Å²) < 4.78 is 5.44. The number of hydrogen-bond acceptors (Lipinski definition) is 5. The molecule has 9 heteroatoms. The number of carbonyl (C=O) groups excluding carboxylic acids is 2. The third-order valence-electron chi connectivity index (χ3n) is 5.66. The number of carbonyl (C=O) groups is 3. The first kappa shape index (κ1) is 22.1. The smallest absolute Gasteiger partial charge is 0.407 e. The minimum atomic E-state index is -1.19. The van der Waals surface area contributed by atoms with Gasteiger partial charge in [0.1, 0.15) is 18.7 Å². The lowest BCUT2D eigenvalue weighted by atomic mass is 9.98. The predicted molar refractivity (Wildman–Crippen MR) is 120 cm³/mol. The van der Waals surface area contributed by atoms with E-state index in [1.807, 2.05) is 48.5 Å². The number of H-pyrrole nitrogens is 1. The molecule has 4 rings (SSSR count). The van der Waals surface area contributed by atoms with Crippen molar-refractivity contribution in [3.63, 3.8) is 0 Å². The molecule has 1 aliphatic rings. The van der Waals surface area contributed by atoms with Crippen LogP contribution in [0.2, 0.25) is 0 Å². The Hall–Kier alpha value is -4.14. The first-order chi connectivity index (χ1) is 15.9. The van der Waals surface area contributed by atoms with E-state index >= 15 is 0 Å². The van der Waals surface area contributed by atoms with Crippen molar-refractivity contribution in [2.24, 2.45) is 0 Å². The number of aliphatic carboxylic acids is 1. The summed E-state index contributed by atoms with van der Waals surface area (Å²) in [5, 5.41) is 14.3. The van der Waals surface area contributed by atoms with Gasteiger partial charge in [-0.25, -0.2) is 14.6 Å². The number of alkyl carbamates (subject to hydrolysis) is 1. The zero-order valence-corrected chi connectivity index (χ0v) is 17.9. The maximum Gasteiger partial charge on any atom is 0.407 e. The Morgan fingerprint density at radius 3 is 2.27 bits per heavy atom. The van der Waals surface area contributed by atoms with E-state index in [0.29, 0.717) is 5.69 Å². The summed E-state index contributed by atoms with van der Waals surface area (Å²) in [4.78, 5) is 42.9. The van der Waals surface area contributed by atoms with E-state index in [4.69, 9.17) is 4.74 Å². The molecule has 9 nitrogen and oxygen atoms in total. The number of fused-ring (bicyclic) bond motifs is 3. The summed E-state index contributed by atoms with van der Waals surface area (Å²) in [6.45, 7) is 1.58. The van der Waals surface area contributed by atoms with Crippen molar-refractivity contribution in [2.75, 3.05) is 6.61 Å². The van der Waals surface area contributed by atoms with E-state index in [1.165, 1.54) is 19.4 Å². The Morgan fingerprint density at radius 2 is 1.70 bits per heavy atom. The lowest BCUT2D eigenvalue weighted by Gasteiger charge is -2.19. The Bertz CT molecular complexity index is 1120. The van der Waals surface area contributed by atoms with Crippen LogP contribution in [-0.2, 0) is 20.7 Å². The van der Waals surface area contributed by atoms with Gasteiger partial charge in [0.15, 0.2) is 0 Å². The number of hydrogen-bond donors (Lipinski definition) is 4. The van der Waals surface area contributed by atoms with Crippen molar-refractivity contribution < 1.29 is 24.2 Å². The van der Waals surface area contributed by atoms with Crippen LogP contribution in [0.1, 0.15) is 29.7 Å². The van der Waals surface area contributed by atoms with Gasteiger partial charge in [0.25, 0.3) is 0 Å². The van der Waals surface area contributed by atoms with Gasteiger partial charge >= 0.3 is 12.1 Å². The van der Waals surface area contributed by atoms with Crippen molar-refractivity contribution in [2.45, 2.75) is 31.3 Å². The van der Waals surface area contributed by atoms with E-state index < -0.39 is 30.1 Å². The SMILES string of the molecule is C[C@H](NC(=O)OCC1c2ccccc2-c2ccccc21)C(=O)N[C@@H](Cc1cnc[nH]1)C(=O)O. The minimum Gasteiger partial charge on any atom is -0.480 e. The molecule has 1 aromatic heterocycles. The molecule has 2 aromatic carbocycles.